The molecule has 4 heterocycles. The summed E-state index contributed by atoms with van der Waals surface area (Å²) in [5.41, 5.74) is 3.81. The van der Waals surface area contributed by atoms with Crippen molar-refractivity contribution in [2.45, 2.75) is 90.2 Å². The van der Waals surface area contributed by atoms with Gasteiger partial charge in [0.1, 0.15) is 6.10 Å². The SMILES string of the molecule is Cc1cc(C(F)(F)F)cnc1[C@H]1OC2(CCOCC2)c2c3c(nc(C(C)C)c21)CC(C)(C)CC3O. The molecule has 2 atom stereocenters. The van der Waals surface area contributed by atoms with Crippen LogP contribution in [0, 0.1) is 12.3 Å². The Labute approximate surface area is 204 Å². The number of fused-ring (bicyclic) bond motifs is 4. The minimum Gasteiger partial charge on any atom is -0.388 e. The highest BCUT2D eigenvalue weighted by Crippen LogP contribution is 2.57. The van der Waals surface area contributed by atoms with Crippen LogP contribution in [0.2, 0.25) is 0 Å². The maximum atomic E-state index is 13.3. The molecule has 3 aliphatic rings. The zero-order valence-corrected chi connectivity index (χ0v) is 20.9. The second-order valence-electron chi connectivity index (χ2n) is 11.4. The van der Waals surface area contributed by atoms with Gasteiger partial charge in [-0.15, -0.1) is 0 Å². The summed E-state index contributed by atoms with van der Waals surface area (Å²) in [4.78, 5) is 9.38. The first-order valence-electron chi connectivity index (χ1n) is 12.4. The van der Waals surface area contributed by atoms with Crippen LogP contribution >= 0.6 is 0 Å². The van der Waals surface area contributed by atoms with Crippen molar-refractivity contribution in [3.8, 4) is 0 Å². The lowest BCUT2D eigenvalue weighted by molar-refractivity contribution is -0.138. The van der Waals surface area contributed by atoms with Crippen LogP contribution in [0.1, 0.15) is 110 Å². The molecule has 0 bridgehead atoms. The average Bonchev–Trinajstić information content (AvgIpc) is 3.05. The molecule has 35 heavy (non-hydrogen) atoms. The lowest BCUT2D eigenvalue weighted by atomic mass is 9.70. The first kappa shape index (κ1) is 24.7. The highest BCUT2D eigenvalue weighted by Gasteiger charge is 2.53. The zero-order chi connectivity index (χ0) is 25.3. The summed E-state index contributed by atoms with van der Waals surface area (Å²) in [5.74, 6) is 0.0621. The van der Waals surface area contributed by atoms with E-state index in [2.05, 4.69) is 32.7 Å². The van der Waals surface area contributed by atoms with Gasteiger partial charge in [0.25, 0.3) is 0 Å². The van der Waals surface area contributed by atoms with E-state index in [-0.39, 0.29) is 11.3 Å². The highest BCUT2D eigenvalue weighted by atomic mass is 19.4. The number of pyridine rings is 2. The predicted molar refractivity (Wildman–Crippen MR) is 124 cm³/mol. The van der Waals surface area contributed by atoms with Crippen LogP contribution in [0.25, 0.3) is 0 Å². The summed E-state index contributed by atoms with van der Waals surface area (Å²) in [5, 5.41) is 11.4. The molecule has 0 saturated carbocycles. The van der Waals surface area contributed by atoms with Crippen LogP contribution in [0.15, 0.2) is 12.3 Å². The summed E-state index contributed by atoms with van der Waals surface area (Å²) in [6, 6.07) is 1.14. The van der Waals surface area contributed by atoms with E-state index in [1.807, 2.05) is 0 Å². The van der Waals surface area contributed by atoms with E-state index in [1.54, 1.807) is 6.92 Å². The molecule has 5 rings (SSSR count). The van der Waals surface area contributed by atoms with Crippen LogP contribution < -0.4 is 0 Å². The number of hydrogen-bond acceptors (Lipinski definition) is 5. The normalized spacial score (nSPS) is 25.1. The van der Waals surface area contributed by atoms with E-state index in [9.17, 15) is 18.3 Å². The number of halogens is 3. The van der Waals surface area contributed by atoms with Gasteiger partial charge in [0.15, 0.2) is 0 Å². The Morgan fingerprint density at radius 1 is 1.14 bits per heavy atom. The van der Waals surface area contributed by atoms with E-state index >= 15 is 0 Å². The van der Waals surface area contributed by atoms with Crippen LogP contribution in [0.5, 0.6) is 0 Å². The van der Waals surface area contributed by atoms with E-state index < -0.39 is 29.5 Å². The van der Waals surface area contributed by atoms with Crippen LogP contribution in [0.4, 0.5) is 13.2 Å². The van der Waals surface area contributed by atoms with Gasteiger partial charge in [-0.05, 0) is 48.3 Å². The fourth-order valence-corrected chi connectivity index (χ4v) is 6.14. The molecule has 190 valence electrons. The van der Waals surface area contributed by atoms with Crippen LogP contribution in [-0.4, -0.2) is 28.3 Å². The molecule has 1 N–H and O–H groups in total. The van der Waals surface area contributed by atoms with Gasteiger partial charge in [-0.2, -0.15) is 13.2 Å². The van der Waals surface area contributed by atoms with Gasteiger partial charge in [0.2, 0.25) is 0 Å². The Hall–Kier alpha value is -2.03. The molecule has 8 heteroatoms. The number of nitrogens with zero attached hydrogens (tertiary/aromatic N) is 2. The number of ether oxygens (including phenoxy) is 2. The average molecular weight is 491 g/mol. The minimum atomic E-state index is -4.46. The third-order valence-electron chi connectivity index (χ3n) is 7.71. The number of rotatable bonds is 2. The number of aliphatic hydroxyl groups is 1. The standard InChI is InChI=1S/C27H33F3N2O3/c1-14(2)22-20-21(19-17(32-22)11-25(4,5)12-18(19)33)26(6-8-34-9-7-26)35-24(20)23-15(3)10-16(13-31-23)27(28,29)30/h10,13-14,18,24,33H,6-9,11-12H2,1-5H3/t18?,24-/m0/s1. The topological polar surface area (TPSA) is 64.5 Å². The lowest BCUT2D eigenvalue weighted by Crippen LogP contribution is -2.37. The summed E-state index contributed by atoms with van der Waals surface area (Å²) < 4.78 is 52.5. The van der Waals surface area contributed by atoms with Crippen molar-refractivity contribution >= 4 is 0 Å². The van der Waals surface area contributed by atoms with Crippen LogP contribution in [0.3, 0.4) is 0 Å². The molecular weight excluding hydrogens is 457 g/mol. The monoisotopic (exact) mass is 490 g/mol. The molecule has 0 amide bonds. The van der Waals surface area contributed by atoms with Gasteiger partial charge >= 0.3 is 6.18 Å². The lowest BCUT2D eigenvalue weighted by Gasteiger charge is -2.40. The molecule has 0 radical (unpaired) electrons. The summed E-state index contributed by atoms with van der Waals surface area (Å²) in [7, 11) is 0. The molecule has 2 aromatic heterocycles. The second-order valence-corrected chi connectivity index (χ2v) is 11.4. The zero-order valence-electron chi connectivity index (χ0n) is 20.9. The third-order valence-corrected chi connectivity index (χ3v) is 7.71. The van der Waals surface area contributed by atoms with Gasteiger partial charge in [-0.3, -0.25) is 9.97 Å². The smallest absolute Gasteiger partial charge is 0.388 e. The Morgan fingerprint density at radius 2 is 1.83 bits per heavy atom. The number of alkyl halides is 3. The molecule has 2 aliphatic heterocycles. The van der Waals surface area contributed by atoms with Gasteiger partial charge in [0.05, 0.1) is 23.0 Å². The fraction of sp³-hybridized carbons (Fsp3) is 0.630. The Balaban J connectivity index is 1.77. The first-order valence-corrected chi connectivity index (χ1v) is 12.4. The number of aryl methyl sites for hydroxylation is 1. The molecule has 1 saturated heterocycles. The maximum Gasteiger partial charge on any atom is 0.417 e. The van der Waals surface area contributed by atoms with Crippen molar-refractivity contribution in [1.82, 2.24) is 9.97 Å². The Bertz CT molecular complexity index is 1150. The summed E-state index contributed by atoms with van der Waals surface area (Å²) in [6.45, 7) is 11.1. The number of aliphatic hydroxyl groups excluding tert-OH is 1. The Kier molecular flexibility index (Phi) is 5.81. The van der Waals surface area contributed by atoms with Gasteiger partial charge in [0, 0.05) is 54.8 Å². The van der Waals surface area contributed by atoms with E-state index in [1.165, 1.54) is 0 Å². The van der Waals surface area contributed by atoms with Gasteiger partial charge < -0.3 is 14.6 Å². The summed E-state index contributed by atoms with van der Waals surface area (Å²) in [6.07, 6.45) is -2.32. The van der Waals surface area contributed by atoms with Crippen molar-refractivity contribution in [1.29, 1.82) is 0 Å². The highest BCUT2D eigenvalue weighted by molar-refractivity contribution is 5.54. The molecule has 1 aliphatic carbocycles. The number of hydrogen-bond donors (Lipinski definition) is 1. The molecular formula is C27H33F3N2O3. The molecule has 0 aromatic carbocycles. The molecule has 1 spiro atoms. The first-order chi connectivity index (χ1) is 16.3. The van der Waals surface area contributed by atoms with Crippen molar-refractivity contribution in [2.75, 3.05) is 13.2 Å². The molecule has 5 nitrogen and oxygen atoms in total. The van der Waals surface area contributed by atoms with E-state index in [4.69, 9.17) is 14.5 Å². The Morgan fingerprint density at radius 3 is 2.43 bits per heavy atom. The van der Waals surface area contributed by atoms with Crippen molar-refractivity contribution in [3.05, 3.63) is 57.2 Å². The predicted octanol–water partition coefficient (Wildman–Crippen LogP) is 6.06. The third kappa shape index (κ3) is 4.07. The van der Waals surface area contributed by atoms with Crippen molar-refractivity contribution in [2.24, 2.45) is 5.41 Å². The molecule has 1 unspecified atom stereocenters. The van der Waals surface area contributed by atoms with Gasteiger partial charge in [-0.25, -0.2) is 0 Å². The van der Waals surface area contributed by atoms with Crippen molar-refractivity contribution < 1.29 is 27.8 Å². The number of aromatic nitrogens is 2. The largest absolute Gasteiger partial charge is 0.417 e. The minimum absolute atomic E-state index is 0.0621. The van der Waals surface area contributed by atoms with E-state index in [0.717, 1.165) is 46.8 Å². The quantitative estimate of drug-likeness (QED) is 0.555. The summed E-state index contributed by atoms with van der Waals surface area (Å²) >= 11 is 0. The van der Waals surface area contributed by atoms with Gasteiger partial charge in [-0.1, -0.05) is 27.7 Å². The maximum absolute atomic E-state index is 13.3. The molecule has 2 aromatic rings. The van der Waals surface area contributed by atoms with E-state index in [0.29, 0.717) is 43.7 Å². The second kappa shape index (κ2) is 8.25. The van der Waals surface area contributed by atoms with Crippen LogP contribution in [-0.2, 0) is 27.7 Å². The fourth-order valence-electron chi connectivity index (χ4n) is 6.14. The molecule has 1 fully saturated rings. The van der Waals surface area contributed by atoms with Crippen molar-refractivity contribution in [3.63, 3.8) is 0 Å².